The minimum Gasteiger partial charge on any atom is -0.424 e. The summed E-state index contributed by atoms with van der Waals surface area (Å²) in [4.78, 5) is 20.6. The molecule has 5 heteroatoms. The van der Waals surface area contributed by atoms with Gasteiger partial charge in [-0.1, -0.05) is 13.8 Å². The molecule has 0 unspecified atom stereocenters. The molecule has 0 fully saturated rings. The van der Waals surface area contributed by atoms with E-state index in [9.17, 15) is 4.79 Å². The van der Waals surface area contributed by atoms with E-state index in [0.29, 0.717) is 5.52 Å². The van der Waals surface area contributed by atoms with Crippen molar-refractivity contribution in [1.29, 1.82) is 0 Å². The minimum absolute atomic E-state index is 0. The van der Waals surface area contributed by atoms with Gasteiger partial charge in [-0.15, -0.1) is 0 Å². The van der Waals surface area contributed by atoms with E-state index < -0.39 is 0 Å². The van der Waals surface area contributed by atoms with E-state index in [1.54, 1.807) is 18.5 Å². The number of H-pyrrole nitrogens is 1. The summed E-state index contributed by atoms with van der Waals surface area (Å²) in [6.45, 7) is 4.00. The first-order chi connectivity index (χ1) is 5.86. The number of nitrogens with zero attached hydrogens (tertiary/aromatic N) is 2. The van der Waals surface area contributed by atoms with Crippen LogP contribution >= 0.6 is 0 Å². The third-order valence-corrected chi connectivity index (χ3v) is 1.26. The maximum Gasteiger partial charge on any atom is 0.160 e. The second-order valence-electron chi connectivity index (χ2n) is 1.93. The molecule has 0 atom stereocenters. The van der Waals surface area contributed by atoms with E-state index in [4.69, 9.17) is 0 Å². The molecule has 4 nitrogen and oxygen atoms in total. The van der Waals surface area contributed by atoms with E-state index in [-0.39, 0.29) is 45.8 Å². The van der Waals surface area contributed by atoms with Crippen molar-refractivity contribution in [3.63, 3.8) is 0 Å². The average molecular weight is 268 g/mol. The Kier molecular flexibility index (Phi) is 9.00. The Balaban J connectivity index is 0. The molecule has 2 aromatic rings. The van der Waals surface area contributed by atoms with Gasteiger partial charge >= 0.3 is 0 Å². The Bertz CT molecular complexity index is 371. The molecule has 0 aliphatic rings. The van der Waals surface area contributed by atoms with Crippen molar-refractivity contribution in [2.75, 3.05) is 0 Å². The van der Waals surface area contributed by atoms with Gasteiger partial charge in [-0.2, -0.15) is 0 Å². The molecule has 0 bridgehead atoms. The summed E-state index contributed by atoms with van der Waals surface area (Å²) in [6, 6.07) is 1.71. The van der Waals surface area contributed by atoms with Gasteiger partial charge in [0, 0.05) is 45.1 Å². The molecule has 0 saturated carbocycles. The maximum absolute atomic E-state index is 10.6. The zero-order chi connectivity index (χ0) is 8.97. The Labute approximate surface area is 108 Å². The van der Waals surface area contributed by atoms with Crippen LogP contribution in [0.25, 0.3) is 11.0 Å². The van der Waals surface area contributed by atoms with Crippen LogP contribution in [0, 0.1) is 7.43 Å². The van der Waals surface area contributed by atoms with Crippen LogP contribution in [0.2, 0.25) is 0 Å². The number of aromatic amines is 1. The molecular weight excluding hydrogens is 255 g/mol. The molecule has 2 aromatic heterocycles. The zero-order valence-electron chi connectivity index (χ0n) is 8.61. The van der Waals surface area contributed by atoms with Crippen molar-refractivity contribution >= 4 is 11.0 Å². The van der Waals surface area contributed by atoms with Gasteiger partial charge in [0.25, 0.3) is 0 Å². The van der Waals surface area contributed by atoms with E-state index >= 15 is 0 Å². The molecule has 0 aliphatic carbocycles. The Morgan fingerprint density at radius 2 is 2.07 bits per heavy atom. The molecule has 14 heavy (non-hydrogen) atoms. The third-order valence-electron chi connectivity index (χ3n) is 1.26. The molecule has 0 saturated heterocycles. The zero-order valence-corrected chi connectivity index (χ0v) is 11.5. The summed E-state index contributed by atoms with van der Waals surface area (Å²) in [6.07, 6.45) is 3.16. The van der Waals surface area contributed by atoms with E-state index in [0.717, 1.165) is 5.52 Å². The largest absolute Gasteiger partial charge is 0.424 e. The minimum atomic E-state index is -0.317. The molecule has 0 aliphatic heterocycles. The first kappa shape index (κ1) is 16.0. The average Bonchev–Trinajstić information content (AvgIpc) is 2.48. The van der Waals surface area contributed by atoms with Crippen LogP contribution < -0.4 is 10.7 Å². The predicted octanol–water partition coefficient (Wildman–Crippen LogP) is 1.35. The van der Waals surface area contributed by atoms with Crippen molar-refractivity contribution in [2.45, 2.75) is 13.8 Å². The molecule has 2 heterocycles. The second-order valence-corrected chi connectivity index (χ2v) is 1.93. The second kappa shape index (κ2) is 7.88. The molecule has 1 radical (unpaired) electrons. The van der Waals surface area contributed by atoms with Gasteiger partial charge < -0.3 is 17.4 Å². The maximum atomic E-state index is 10.6. The number of aromatic nitrogens is 3. The quantitative estimate of drug-likeness (QED) is 0.734. The fourth-order valence-corrected chi connectivity index (χ4v) is 0.833. The van der Waals surface area contributed by atoms with Crippen molar-refractivity contribution in [3.05, 3.63) is 36.4 Å². The number of pyridine rings is 1. The summed E-state index contributed by atoms with van der Waals surface area (Å²) in [5, 5.41) is 0. The van der Waals surface area contributed by atoms with Gasteiger partial charge in [0.05, 0.1) is 0 Å². The first-order valence-corrected chi connectivity index (χ1v) is 3.83. The smallest absolute Gasteiger partial charge is 0.160 e. The van der Waals surface area contributed by atoms with Gasteiger partial charge in [-0.25, -0.2) is 0 Å². The standard InChI is InChI=1S/C6H5N3O.C2H6.CH3.Y/c10-6-8-4-1-2-7-3-5(4)9-6;1-2;;/h1-3H,(H2,7,8,9,10);1-2H3;1H3;/q;;-1;/p-1. The van der Waals surface area contributed by atoms with Crippen molar-refractivity contribution < 1.29 is 32.7 Å². The normalized spacial score (nSPS) is 7.86. The van der Waals surface area contributed by atoms with Crippen LogP contribution in [0.15, 0.2) is 23.3 Å². The van der Waals surface area contributed by atoms with Gasteiger partial charge in [0.15, 0.2) is 5.69 Å². The molecule has 0 spiro atoms. The van der Waals surface area contributed by atoms with Gasteiger partial charge in [0.1, 0.15) is 0 Å². The number of rotatable bonds is 0. The fraction of sp³-hybridized carbons (Fsp3) is 0.222. The Morgan fingerprint density at radius 1 is 1.43 bits per heavy atom. The number of hydrogen-bond donors (Lipinski definition) is 1. The van der Waals surface area contributed by atoms with E-state index in [1.807, 2.05) is 13.8 Å². The van der Waals surface area contributed by atoms with E-state index in [2.05, 4.69) is 15.0 Å². The Morgan fingerprint density at radius 3 is 2.64 bits per heavy atom. The van der Waals surface area contributed by atoms with Crippen LogP contribution in [-0.4, -0.2) is 9.97 Å². The van der Waals surface area contributed by atoms with Crippen LogP contribution in [-0.2, 0) is 32.7 Å². The fourth-order valence-electron chi connectivity index (χ4n) is 0.833. The Hall–Kier alpha value is -0.476. The van der Waals surface area contributed by atoms with Crippen LogP contribution in [0.4, 0.5) is 0 Å². The predicted molar refractivity (Wildman–Crippen MR) is 53.4 cm³/mol. The summed E-state index contributed by atoms with van der Waals surface area (Å²) in [7, 11) is 0. The number of fused-ring (bicyclic) bond motifs is 1. The van der Waals surface area contributed by atoms with E-state index in [1.165, 1.54) is 0 Å². The molecular formula is C9H13N3OY-2. The molecule has 2 rings (SSSR count). The number of nitrogens with one attached hydrogen (secondary N) is 1. The van der Waals surface area contributed by atoms with Crippen LogP contribution in [0.3, 0.4) is 0 Å². The SMILES string of the molecule is CC.O=c1[n-]c2cnccc2[nH]1.[CH3-].[Y]. The summed E-state index contributed by atoms with van der Waals surface area (Å²) < 4.78 is 0. The van der Waals surface area contributed by atoms with Gasteiger partial charge in [0.2, 0.25) is 0 Å². The number of hydrogen-bond acceptors (Lipinski definition) is 2. The molecule has 0 aromatic carbocycles. The molecule has 75 valence electrons. The monoisotopic (exact) mass is 268 g/mol. The topological polar surface area (TPSA) is 59.9 Å². The van der Waals surface area contributed by atoms with Gasteiger partial charge in [-0.05, 0) is 17.1 Å². The van der Waals surface area contributed by atoms with Crippen molar-refractivity contribution in [2.24, 2.45) is 0 Å². The summed E-state index contributed by atoms with van der Waals surface area (Å²) >= 11 is 0. The van der Waals surface area contributed by atoms with Crippen LogP contribution in [0.5, 0.6) is 0 Å². The third kappa shape index (κ3) is 3.72. The first-order valence-electron chi connectivity index (χ1n) is 3.83. The molecule has 1 N–H and O–H groups in total. The van der Waals surface area contributed by atoms with Crippen molar-refractivity contribution in [1.82, 2.24) is 15.0 Å². The summed E-state index contributed by atoms with van der Waals surface area (Å²) in [5.41, 5.74) is 1.04. The number of imidazole rings is 1. The summed E-state index contributed by atoms with van der Waals surface area (Å²) in [5.74, 6) is 0. The van der Waals surface area contributed by atoms with Crippen molar-refractivity contribution in [3.8, 4) is 0 Å². The van der Waals surface area contributed by atoms with Crippen LogP contribution in [0.1, 0.15) is 13.8 Å². The molecule has 0 amide bonds. The van der Waals surface area contributed by atoms with Gasteiger partial charge in [-0.3, -0.25) is 9.78 Å².